The van der Waals surface area contributed by atoms with Gasteiger partial charge in [-0.2, -0.15) is 12.6 Å². The van der Waals surface area contributed by atoms with Crippen molar-refractivity contribution < 1.29 is 0 Å². The molecule has 1 aliphatic rings. The number of piperazine rings is 1. The van der Waals surface area contributed by atoms with Crippen molar-refractivity contribution in [3.8, 4) is 0 Å². The molecule has 1 aromatic carbocycles. The standard InChI is InChI=1S/C16H26N2S/c1-16(2)13-18(10-9-17(16)3)11-15(12-19)14-7-5-4-6-8-14/h4-8,15,19H,9-13H2,1-3H3. The third-order valence-electron chi connectivity index (χ3n) is 4.37. The average Bonchev–Trinajstić information content (AvgIpc) is 2.41. The molecule has 1 saturated heterocycles. The summed E-state index contributed by atoms with van der Waals surface area (Å²) >= 11 is 4.55. The molecule has 0 saturated carbocycles. The lowest BCUT2D eigenvalue weighted by atomic mass is 9.96. The third kappa shape index (κ3) is 3.74. The summed E-state index contributed by atoms with van der Waals surface area (Å²) in [5.74, 6) is 1.44. The molecule has 3 heteroatoms. The molecule has 0 radical (unpaired) electrons. The van der Waals surface area contributed by atoms with Gasteiger partial charge < -0.3 is 0 Å². The number of thiol groups is 1. The lowest BCUT2D eigenvalue weighted by molar-refractivity contribution is 0.0379. The van der Waals surface area contributed by atoms with Crippen molar-refractivity contribution in [3.05, 3.63) is 35.9 Å². The van der Waals surface area contributed by atoms with Crippen LogP contribution < -0.4 is 0 Å². The fourth-order valence-electron chi connectivity index (χ4n) is 2.80. The second kappa shape index (κ2) is 6.29. The number of hydrogen-bond acceptors (Lipinski definition) is 3. The van der Waals surface area contributed by atoms with Crippen molar-refractivity contribution in [2.75, 3.05) is 39.0 Å². The van der Waals surface area contributed by atoms with Crippen LogP contribution in [0.2, 0.25) is 0 Å². The summed E-state index contributed by atoms with van der Waals surface area (Å²) in [6.45, 7) is 9.23. The molecule has 1 aromatic rings. The molecule has 1 fully saturated rings. The van der Waals surface area contributed by atoms with Crippen LogP contribution in [-0.4, -0.2) is 54.3 Å². The van der Waals surface area contributed by atoms with Crippen LogP contribution in [0.15, 0.2) is 30.3 Å². The predicted octanol–water partition coefficient (Wildman–Crippen LogP) is 2.73. The lowest BCUT2D eigenvalue weighted by Gasteiger charge is -2.46. The maximum absolute atomic E-state index is 4.55. The van der Waals surface area contributed by atoms with Gasteiger partial charge in [-0.1, -0.05) is 30.3 Å². The van der Waals surface area contributed by atoms with E-state index >= 15 is 0 Å². The number of hydrogen-bond donors (Lipinski definition) is 1. The van der Waals surface area contributed by atoms with Crippen molar-refractivity contribution in [1.29, 1.82) is 0 Å². The Balaban J connectivity index is 2.00. The maximum Gasteiger partial charge on any atom is 0.0277 e. The summed E-state index contributed by atoms with van der Waals surface area (Å²) < 4.78 is 0. The molecule has 0 N–H and O–H groups in total. The molecule has 2 nitrogen and oxygen atoms in total. The van der Waals surface area contributed by atoms with Gasteiger partial charge in [0.15, 0.2) is 0 Å². The summed E-state index contributed by atoms with van der Waals surface area (Å²) in [4.78, 5) is 5.05. The Morgan fingerprint density at radius 1 is 1.21 bits per heavy atom. The second-order valence-corrected chi connectivity index (χ2v) is 6.62. The first-order valence-corrected chi connectivity index (χ1v) is 7.75. The van der Waals surface area contributed by atoms with Gasteiger partial charge in [-0.25, -0.2) is 0 Å². The molecular formula is C16H26N2S. The van der Waals surface area contributed by atoms with E-state index in [9.17, 15) is 0 Å². The van der Waals surface area contributed by atoms with Crippen LogP contribution in [0.1, 0.15) is 25.3 Å². The Morgan fingerprint density at radius 3 is 2.47 bits per heavy atom. The van der Waals surface area contributed by atoms with E-state index in [1.165, 1.54) is 5.56 Å². The summed E-state index contributed by atoms with van der Waals surface area (Å²) in [5, 5.41) is 0. The molecular weight excluding hydrogens is 252 g/mol. The van der Waals surface area contributed by atoms with E-state index in [0.29, 0.717) is 5.92 Å². The van der Waals surface area contributed by atoms with E-state index < -0.39 is 0 Å². The van der Waals surface area contributed by atoms with Crippen molar-refractivity contribution in [1.82, 2.24) is 9.80 Å². The monoisotopic (exact) mass is 278 g/mol. The number of nitrogens with zero attached hydrogens (tertiary/aromatic N) is 2. The zero-order valence-corrected chi connectivity index (χ0v) is 13.2. The van der Waals surface area contributed by atoms with E-state index in [-0.39, 0.29) is 5.54 Å². The predicted molar refractivity (Wildman–Crippen MR) is 86.2 cm³/mol. The molecule has 0 aromatic heterocycles. The van der Waals surface area contributed by atoms with Crippen LogP contribution in [0.25, 0.3) is 0 Å². The van der Waals surface area contributed by atoms with Crippen LogP contribution in [0, 0.1) is 0 Å². The fraction of sp³-hybridized carbons (Fsp3) is 0.625. The Kier molecular flexibility index (Phi) is 4.93. The number of rotatable bonds is 4. The molecule has 0 amide bonds. The van der Waals surface area contributed by atoms with Crippen molar-refractivity contribution in [2.24, 2.45) is 0 Å². The Hall–Kier alpha value is -0.510. The molecule has 1 heterocycles. The van der Waals surface area contributed by atoms with Crippen molar-refractivity contribution in [2.45, 2.75) is 25.3 Å². The minimum atomic E-state index is 0.274. The number of likely N-dealkylation sites (N-methyl/N-ethyl adjacent to an activating group) is 1. The maximum atomic E-state index is 4.55. The van der Waals surface area contributed by atoms with E-state index in [1.54, 1.807) is 0 Å². The normalized spacial score (nSPS) is 22.3. The van der Waals surface area contributed by atoms with Crippen LogP contribution >= 0.6 is 12.6 Å². The molecule has 1 unspecified atom stereocenters. The highest BCUT2D eigenvalue weighted by Crippen LogP contribution is 2.23. The summed E-state index contributed by atoms with van der Waals surface area (Å²) in [6, 6.07) is 10.8. The molecule has 106 valence electrons. The average molecular weight is 278 g/mol. The first-order chi connectivity index (χ1) is 9.03. The SMILES string of the molecule is CN1CCN(CC(CS)c2ccccc2)CC1(C)C. The highest BCUT2D eigenvalue weighted by molar-refractivity contribution is 7.80. The minimum Gasteiger partial charge on any atom is -0.300 e. The van der Waals surface area contributed by atoms with Gasteiger partial charge in [0.1, 0.15) is 0 Å². The molecule has 0 aliphatic carbocycles. The van der Waals surface area contributed by atoms with Crippen molar-refractivity contribution in [3.63, 3.8) is 0 Å². The Bertz CT molecular complexity index is 391. The van der Waals surface area contributed by atoms with Gasteiger partial charge in [-0.3, -0.25) is 9.80 Å². The molecule has 0 spiro atoms. The van der Waals surface area contributed by atoms with Crippen molar-refractivity contribution >= 4 is 12.6 Å². The lowest BCUT2D eigenvalue weighted by Crippen LogP contribution is -2.58. The molecule has 0 bridgehead atoms. The van der Waals surface area contributed by atoms with E-state index in [2.05, 4.69) is 73.7 Å². The Labute approximate surface area is 123 Å². The quantitative estimate of drug-likeness (QED) is 0.846. The zero-order chi connectivity index (χ0) is 13.9. The van der Waals surface area contributed by atoms with Crippen LogP contribution in [0.4, 0.5) is 0 Å². The highest BCUT2D eigenvalue weighted by atomic mass is 32.1. The van der Waals surface area contributed by atoms with Gasteiger partial charge >= 0.3 is 0 Å². The van der Waals surface area contributed by atoms with Gasteiger partial charge in [-0.15, -0.1) is 0 Å². The van der Waals surface area contributed by atoms with Crippen LogP contribution in [0.5, 0.6) is 0 Å². The van der Waals surface area contributed by atoms with Crippen LogP contribution in [-0.2, 0) is 0 Å². The van der Waals surface area contributed by atoms with Gasteiger partial charge in [-0.05, 0) is 32.2 Å². The van der Waals surface area contributed by atoms with E-state index in [0.717, 1.165) is 31.9 Å². The second-order valence-electron chi connectivity index (χ2n) is 6.26. The van der Waals surface area contributed by atoms with Gasteiger partial charge in [0, 0.05) is 37.6 Å². The largest absolute Gasteiger partial charge is 0.300 e. The van der Waals surface area contributed by atoms with Crippen LogP contribution in [0.3, 0.4) is 0 Å². The first kappa shape index (κ1) is 14.9. The third-order valence-corrected chi connectivity index (χ3v) is 4.81. The first-order valence-electron chi connectivity index (χ1n) is 7.12. The van der Waals surface area contributed by atoms with E-state index in [4.69, 9.17) is 0 Å². The molecule has 2 rings (SSSR count). The van der Waals surface area contributed by atoms with E-state index in [1.807, 2.05) is 0 Å². The van der Waals surface area contributed by atoms with Gasteiger partial charge in [0.05, 0.1) is 0 Å². The highest BCUT2D eigenvalue weighted by Gasteiger charge is 2.31. The molecule has 1 atom stereocenters. The summed E-state index contributed by atoms with van der Waals surface area (Å²) in [7, 11) is 2.23. The zero-order valence-electron chi connectivity index (χ0n) is 12.3. The topological polar surface area (TPSA) is 6.48 Å². The van der Waals surface area contributed by atoms with Gasteiger partial charge in [0.2, 0.25) is 0 Å². The van der Waals surface area contributed by atoms with Gasteiger partial charge in [0.25, 0.3) is 0 Å². The summed E-state index contributed by atoms with van der Waals surface area (Å²) in [6.07, 6.45) is 0. The smallest absolute Gasteiger partial charge is 0.0277 e. The molecule has 1 aliphatic heterocycles. The fourth-order valence-corrected chi connectivity index (χ4v) is 3.13. The Morgan fingerprint density at radius 2 is 1.89 bits per heavy atom. The minimum absolute atomic E-state index is 0.274. The summed E-state index contributed by atoms with van der Waals surface area (Å²) in [5.41, 5.74) is 1.69. The number of benzene rings is 1. The molecule has 19 heavy (non-hydrogen) atoms.